The molecule has 0 aliphatic heterocycles. The standard InChI is InChI=1S/C4H13N3.H4Si/c5-1-3-7-4-2-6;/h7H,1-6H2;1H4. The van der Waals surface area contributed by atoms with E-state index in [-0.39, 0.29) is 11.0 Å². The third kappa shape index (κ3) is 9.44. The van der Waals surface area contributed by atoms with E-state index in [2.05, 4.69) is 5.32 Å². The van der Waals surface area contributed by atoms with Gasteiger partial charge in [-0.3, -0.25) is 0 Å². The molecule has 3 nitrogen and oxygen atoms in total. The molecule has 0 aromatic heterocycles. The second kappa shape index (κ2) is 10.2. The average molecular weight is 135 g/mol. The third-order valence-corrected chi connectivity index (χ3v) is 0.642. The van der Waals surface area contributed by atoms with Gasteiger partial charge in [0.25, 0.3) is 0 Å². The highest BCUT2D eigenvalue weighted by Gasteiger charge is 1.76. The van der Waals surface area contributed by atoms with Gasteiger partial charge in [0.1, 0.15) is 0 Å². The topological polar surface area (TPSA) is 64.1 Å². The summed E-state index contributed by atoms with van der Waals surface area (Å²) in [7, 11) is 0. The van der Waals surface area contributed by atoms with Crippen molar-refractivity contribution in [3.8, 4) is 0 Å². The quantitative estimate of drug-likeness (QED) is 0.285. The minimum atomic E-state index is 0. The van der Waals surface area contributed by atoms with E-state index in [1.807, 2.05) is 0 Å². The van der Waals surface area contributed by atoms with Gasteiger partial charge in [-0.25, -0.2) is 0 Å². The molecule has 0 aromatic carbocycles. The van der Waals surface area contributed by atoms with Crippen LogP contribution in [0.2, 0.25) is 0 Å². The maximum atomic E-state index is 5.17. The lowest BCUT2D eigenvalue weighted by Gasteiger charge is -1.95. The van der Waals surface area contributed by atoms with Crippen molar-refractivity contribution in [3.63, 3.8) is 0 Å². The van der Waals surface area contributed by atoms with Gasteiger partial charge in [0, 0.05) is 26.2 Å². The number of nitrogens with one attached hydrogen (secondary N) is 1. The van der Waals surface area contributed by atoms with Crippen LogP contribution in [0.15, 0.2) is 0 Å². The first-order chi connectivity index (χ1) is 3.41. The lowest BCUT2D eigenvalue weighted by Crippen LogP contribution is -2.27. The number of nitrogens with two attached hydrogens (primary N) is 2. The van der Waals surface area contributed by atoms with E-state index in [1.165, 1.54) is 0 Å². The summed E-state index contributed by atoms with van der Waals surface area (Å²) in [6.07, 6.45) is 0. The van der Waals surface area contributed by atoms with Gasteiger partial charge in [-0.05, 0) is 11.0 Å². The van der Waals surface area contributed by atoms with Crippen molar-refractivity contribution in [2.24, 2.45) is 11.5 Å². The predicted octanol–water partition coefficient (Wildman–Crippen LogP) is -2.96. The van der Waals surface area contributed by atoms with Crippen molar-refractivity contribution >= 4 is 11.0 Å². The molecule has 0 unspecified atom stereocenters. The molecular weight excluding hydrogens is 118 g/mol. The zero-order valence-corrected chi connectivity index (χ0v) is 4.48. The molecule has 0 aliphatic carbocycles. The van der Waals surface area contributed by atoms with E-state index in [0.717, 1.165) is 13.1 Å². The lowest BCUT2D eigenvalue weighted by atomic mass is 10.6. The number of hydrogen-bond donors (Lipinski definition) is 3. The van der Waals surface area contributed by atoms with E-state index in [4.69, 9.17) is 11.5 Å². The van der Waals surface area contributed by atoms with Crippen LogP contribution in [0.4, 0.5) is 0 Å². The third-order valence-electron chi connectivity index (χ3n) is 0.642. The molecule has 5 N–H and O–H groups in total. The van der Waals surface area contributed by atoms with Crippen LogP contribution in [-0.4, -0.2) is 37.1 Å². The Bertz CT molecular complexity index is 30.5. The van der Waals surface area contributed by atoms with Crippen LogP contribution in [-0.2, 0) is 0 Å². The molecule has 0 rings (SSSR count). The summed E-state index contributed by atoms with van der Waals surface area (Å²) in [5.74, 6) is 0. The van der Waals surface area contributed by atoms with Gasteiger partial charge in [-0.15, -0.1) is 0 Å². The Hall–Kier alpha value is 0.0969. The Balaban J connectivity index is 0. The Labute approximate surface area is 54.8 Å². The first-order valence-electron chi connectivity index (χ1n) is 2.52. The van der Waals surface area contributed by atoms with Crippen LogP contribution in [0.5, 0.6) is 0 Å². The SMILES string of the molecule is NCCNCCN.[SiH4]. The van der Waals surface area contributed by atoms with Crippen LogP contribution < -0.4 is 16.8 Å². The van der Waals surface area contributed by atoms with Gasteiger partial charge >= 0.3 is 0 Å². The van der Waals surface area contributed by atoms with Crippen LogP contribution >= 0.6 is 0 Å². The van der Waals surface area contributed by atoms with E-state index in [9.17, 15) is 0 Å². The average Bonchev–Trinajstić information content (AvgIpc) is 1.69. The van der Waals surface area contributed by atoms with Gasteiger partial charge in [-0.1, -0.05) is 0 Å². The second-order valence-electron chi connectivity index (χ2n) is 1.33. The van der Waals surface area contributed by atoms with E-state index in [0.29, 0.717) is 13.1 Å². The zero-order valence-electron chi connectivity index (χ0n) is 4.48. The Morgan fingerprint density at radius 1 is 1.00 bits per heavy atom. The largest absolute Gasteiger partial charge is 0.329 e. The number of hydrogen-bond acceptors (Lipinski definition) is 3. The second-order valence-corrected chi connectivity index (χ2v) is 1.33. The van der Waals surface area contributed by atoms with Gasteiger partial charge in [0.2, 0.25) is 0 Å². The molecule has 0 spiro atoms. The van der Waals surface area contributed by atoms with Crippen LogP contribution in [0.25, 0.3) is 0 Å². The normalized spacial score (nSPS) is 8.25. The Morgan fingerprint density at radius 3 is 1.62 bits per heavy atom. The summed E-state index contributed by atoms with van der Waals surface area (Å²) in [5, 5.41) is 3.03. The highest BCUT2D eigenvalue weighted by Crippen LogP contribution is 1.49. The molecule has 4 heteroatoms. The first-order valence-corrected chi connectivity index (χ1v) is 2.52. The molecule has 0 saturated carbocycles. The van der Waals surface area contributed by atoms with Crippen LogP contribution in [0.3, 0.4) is 0 Å². The maximum absolute atomic E-state index is 5.17. The summed E-state index contributed by atoms with van der Waals surface area (Å²) in [6, 6.07) is 0. The monoisotopic (exact) mass is 135 g/mol. The molecule has 8 heavy (non-hydrogen) atoms. The van der Waals surface area contributed by atoms with Crippen molar-refractivity contribution in [2.45, 2.75) is 0 Å². The van der Waals surface area contributed by atoms with Crippen molar-refractivity contribution in [1.29, 1.82) is 0 Å². The molecule has 0 aromatic rings. The zero-order chi connectivity index (χ0) is 5.54. The molecule has 0 aliphatic rings. The minimum absolute atomic E-state index is 0. The van der Waals surface area contributed by atoms with Crippen LogP contribution in [0.1, 0.15) is 0 Å². The molecule has 0 fully saturated rings. The van der Waals surface area contributed by atoms with Gasteiger partial charge in [0.15, 0.2) is 0 Å². The predicted molar refractivity (Wildman–Crippen MR) is 42.3 cm³/mol. The van der Waals surface area contributed by atoms with Crippen molar-refractivity contribution < 1.29 is 0 Å². The fraction of sp³-hybridized carbons (Fsp3) is 1.00. The van der Waals surface area contributed by atoms with Gasteiger partial charge < -0.3 is 16.8 Å². The van der Waals surface area contributed by atoms with Crippen LogP contribution in [0, 0.1) is 0 Å². The van der Waals surface area contributed by atoms with Gasteiger partial charge in [-0.2, -0.15) is 0 Å². The fourth-order valence-corrected chi connectivity index (χ4v) is 0.329. The molecule has 0 amide bonds. The molecule has 52 valence electrons. The molecule has 0 atom stereocenters. The molecule has 0 radical (unpaired) electrons. The highest BCUT2D eigenvalue weighted by atomic mass is 28.1. The number of rotatable bonds is 4. The molecular formula is C4H17N3Si. The maximum Gasteiger partial charge on any atom is 0.00750 e. The smallest absolute Gasteiger partial charge is 0.00750 e. The van der Waals surface area contributed by atoms with Crippen molar-refractivity contribution in [2.75, 3.05) is 26.2 Å². The molecule has 0 saturated heterocycles. The fourth-order valence-electron chi connectivity index (χ4n) is 0.329. The minimum Gasteiger partial charge on any atom is -0.329 e. The molecule has 0 heterocycles. The van der Waals surface area contributed by atoms with E-state index < -0.39 is 0 Å². The highest BCUT2D eigenvalue weighted by molar-refractivity contribution is 5.75. The summed E-state index contributed by atoms with van der Waals surface area (Å²) in [4.78, 5) is 0. The van der Waals surface area contributed by atoms with Gasteiger partial charge in [0.05, 0.1) is 0 Å². The Kier molecular flexibility index (Phi) is 13.9. The summed E-state index contributed by atoms with van der Waals surface area (Å²) in [5.41, 5.74) is 10.3. The van der Waals surface area contributed by atoms with Crippen molar-refractivity contribution in [1.82, 2.24) is 5.32 Å². The summed E-state index contributed by atoms with van der Waals surface area (Å²) >= 11 is 0. The van der Waals surface area contributed by atoms with E-state index >= 15 is 0 Å². The summed E-state index contributed by atoms with van der Waals surface area (Å²) in [6.45, 7) is 3.13. The lowest BCUT2D eigenvalue weighted by molar-refractivity contribution is 0.696. The molecule has 0 bridgehead atoms. The Morgan fingerprint density at radius 2 is 1.38 bits per heavy atom. The first kappa shape index (κ1) is 11.0. The van der Waals surface area contributed by atoms with E-state index in [1.54, 1.807) is 0 Å². The summed E-state index contributed by atoms with van der Waals surface area (Å²) < 4.78 is 0. The van der Waals surface area contributed by atoms with Crippen molar-refractivity contribution in [3.05, 3.63) is 0 Å².